The zero-order chi connectivity index (χ0) is 79.1. The number of aromatic nitrogens is 7. The molecule has 0 unspecified atom stereocenters. The second kappa shape index (κ2) is 51.2. The van der Waals surface area contributed by atoms with Crippen molar-refractivity contribution in [3.63, 3.8) is 0 Å². The lowest BCUT2D eigenvalue weighted by atomic mass is 10.0. The number of aliphatic imine (C=N–C) groups is 2. The Labute approximate surface area is 658 Å². The van der Waals surface area contributed by atoms with E-state index in [9.17, 15) is 10.2 Å². The molecule has 0 amide bonds. The van der Waals surface area contributed by atoms with E-state index in [4.69, 9.17) is 0 Å². The fourth-order valence-electron chi connectivity index (χ4n) is 11.9. The summed E-state index contributed by atoms with van der Waals surface area (Å²) in [6, 6.07) is 56.3. The second-order valence-electron chi connectivity index (χ2n) is 29.4. The van der Waals surface area contributed by atoms with Gasteiger partial charge in [-0.15, -0.1) is 0 Å². The minimum atomic E-state index is 0.217. The van der Waals surface area contributed by atoms with Gasteiger partial charge in [0.2, 0.25) is 0 Å². The number of aromatic hydroxyl groups is 2. The standard InChI is InChI=1S/C18H18N4.C16H16N2O2.C12H30N4.C12H8N2.C11H25N3.C10H8N2.C9H21N3/c1-4-10-19-16(7-1)13-22(14-17-8-2-5-11-20-17)15-18-9-3-6-12-21-18;19-15-7-3-1-5-13(15)11-17-9-10-18-12-14-6-2-4-8-16(14)20;1-13(2)7-9-15(5)11-12-16(6)10-8-14(3)4;1-3-9-5-6-10-4-2-8-14-12(10)11(9)13-7-1;1-10(2)12-11(3)8-13(4)6-7-14(5)9-11;1-3-7-11-9(5-1)10-6-2-4-8-12-10;1-10-4-6-11(2)8-9-12(3)7-5-10/h1-12H,13-15H2;1-8,11-12,19-20H,9-10H2;7-12H2,1-6H3;1-8H;10,12H,6-9H2,1-5H3;1-8H;4-9H2,1-3H3. The van der Waals surface area contributed by atoms with Gasteiger partial charge in [-0.1, -0.05) is 92.7 Å². The fourth-order valence-corrected chi connectivity index (χ4v) is 11.9. The molecule has 12 rings (SSSR count). The van der Waals surface area contributed by atoms with Crippen LogP contribution in [0, 0.1) is 0 Å². The number of fused-ring (bicyclic) bond motifs is 3. The molecule has 110 heavy (non-hydrogen) atoms. The maximum Gasteiger partial charge on any atom is 0.124 e. The van der Waals surface area contributed by atoms with Gasteiger partial charge in [-0.25, -0.2) is 0 Å². The minimum absolute atomic E-state index is 0.217. The molecule has 3 aromatic carbocycles. The molecule has 0 aliphatic carbocycles. The Kier molecular flexibility index (Phi) is 41.8. The van der Waals surface area contributed by atoms with E-state index in [-0.39, 0.29) is 17.0 Å². The molecular formula is C88H126N20O2. The zero-order valence-electron chi connectivity index (χ0n) is 68.3. The first-order chi connectivity index (χ1) is 53.1. The smallest absolute Gasteiger partial charge is 0.124 e. The Morgan fingerprint density at radius 2 is 0.709 bits per heavy atom. The number of hydrogen-bond acceptors (Lipinski definition) is 22. The quantitative estimate of drug-likeness (QED) is 0.0310. The van der Waals surface area contributed by atoms with Crippen LogP contribution in [0.4, 0.5) is 0 Å². The number of phenolic OH excluding ortho intramolecular Hbond substituents is 2. The lowest BCUT2D eigenvalue weighted by molar-refractivity contribution is 0.214. The van der Waals surface area contributed by atoms with Crippen LogP contribution in [0.1, 0.15) is 49.0 Å². The molecule has 0 atom stereocenters. The molecule has 10 aromatic rings. The summed E-state index contributed by atoms with van der Waals surface area (Å²) in [5.41, 5.74) is 8.55. The number of phenols is 2. The lowest BCUT2D eigenvalue weighted by Crippen LogP contribution is -2.56. The van der Waals surface area contributed by atoms with Gasteiger partial charge in [-0.3, -0.25) is 49.8 Å². The summed E-state index contributed by atoms with van der Waals surface area (Å²) in [4.78, 5) is 62.3. The van der Waals surface area contributed by atoms with Gasteiger partial charge >= 0.3 is 0 Å². The Bertz CT molecular complexity index is 3780. The van der Waals surface area contributed by atoms with Crippen molar-refractivity contribution in [2.45, 2.75) is 52.0 Å². The van der Waals surface area contributed by atoms with Gasteiger partial charge in [0, 0.05) is 214 Å². The Morgan fingerprint density at radius 1 is 0.391 bits per heavy atom. The molecule has 590 valence electrons. The van der Waals surface area contributed by atoms with E-state index >= 15 is 0 Å². The summed E-state index contributed by atoms with van der Waals surface area (Å²) in [5, 5.41) is 25.0. The first-order valence-corrected chi connectivity index (χ1v) is 38.4. The summed E-state index contributed by atoms with van der Waals surface area (Å²) in [6.07, 6.45) is 15.9. The largest absolute Gasteiger partial charge is 0.507 e. The number of nitrogens with one attached hydrogen (secondary N) is 1. The summed E-state index contributed by atoms with van der Waals surface area (Å²) >= 11 is 0. The molecule has 2 aliphatic heterocycles. The maximum absolute atomic E-state index is 9.54. The van der Waals surface area contributed by atoms with E-state index in [2.05, 4.69) is 222 Å². The number of para-hydroxylation sites is 2. The predicted molar refractivity (Wildman–Crippen MR) is 458 cm³/mol. The Balaban J connectivity index is 0.000000203. The third kappa shape index (κ3) is 37.4. The minimum Gasteiger partial charge on any atom is -0.507 e. The summed E-state index contributed by atoms with van der Waals surface area (Å²) in [7, 11) is 23.9. The van der Waals surface area contributed by atoms with Crippen LogP contribution in [0.2, 0.25) is 0 Å². The first-order valence-electron chi connectivity index (χ1n) is 38.4. The highest BCUT2D eigenvalue weighted by Gasteiger charge is 2.30. The van der Waals surface area contributed by atoms with E-state index in [1.54, 1.807) is 73.6 Å². The van der Waals surface area contributed by atoms with Crippen molar-refractivity contribution in [1.29, 1.82) is 0 Å². The van der Waals surface area contributed by atoms with Crippen LogP contribution in [0.3, 0.4) is 0 Å². The highest BCUT2D eigenvalue weighted by Crippen LogP contribution is 2.22. The average molecular weight is 1500 g/mol. The predicted octanol–water partition coefficient (Wildman–Crippen LogP) is 11.0. The Morgan fingerprint density at radius 3 is 1.03 bits per heavy atom. The molecule has 3 N–H and O–H groups in total. The normalized spacial score (nSPS) is 14.5. The van der Waals surface area contributed by atoms with E-state index in [1.807, 2.05) is 134 Å². The molecule has 2 aliphatic rings. The highest BCUT2D eigenvalue weighted by molar-refractivity contribution is 6.02. The van der Waals surface area contributed by atoms with Gasteiger partial charge in [-0.05, 0) is 182 Å². The third-order valence-electron chi connectivity index (χ3n) is 18.0. The van der Waals surface area contributed by atoms with Crippen molar-refractivity contribution in [3.05, 3.63) is 248 Å². The highest BCUT2D eigenvalue weighted by atomic mass is 16.3. The van der Waals surface area contributed by atoms with E-state index in [0.29, 0.717) is 30.3 Å². The summed E-state index contributed by atoms with van der Waals surface area (Å²) < 4.78 is 0. The van der Waals surface area contributed by atoms with E-state index < -0.39 is 0 Å². The first kappa shape index (κ1) is 89.6. The van der Waals surface area contributed by atoms with Crippen LogP contribution in [0.25, 0.3) is 33.2 Å². The van der Waals surface area contributed by atoms with Gasteiger partial charge in [0.05, 0.1) is 52.6 Å². The SMILES string of the molecule is CC(C)NC1(C)CN(C)CCN(C)C1.CN(C)CCN(C)CCN(C)CCN(C)C.CN1CCN(C)CCN(C)CC1.Oc1ccccc1C=NCCN=Cc1ccccc1O.c1ccc(-c2ccccn2)nc1.c1ccc(CN(Cc2ccccn2)Cc2ccccn2)nc1.c1cnc2c(c1)ccc1cccnc12. The molecule has 2 fully saturated rings. The van der Waals surface area contributed by atoms with Gasteiger partial charge < -0.3 is 59.6 Å². The van der Waals surface area contributed by atoms with Crippen LogP contribution in [-0.2, 0) is 19.6 Å². The van der Waals surface area contributed by atoms with Crippen LogP contribution in [0.15, 0.2) is 229 Å². The topological polar surface area (TPSA) is 200 Å². The molecule has 2 saturated heterocycles. The molecule has 0 bridgehead atoms. The number of rotatable bonds is 23. The molecule has 0 radical (unpaired) electrons. The van der Waals surface area contributed by atoms with Gasteiger partial charge in [0.15, 0.2) is 0 Å². The maximum atomic E-state index is 9.54. The molecule has 9 heterocycles. The van der Waals surface area contributed by atoms with E-state index in [1.165, 1.54) is 52.4 Å². The van der Waals surface area contributed by atoms with Gasteiger partial charge in [0.1, 0.15) is 11.5 Å². The van der Waals surface area contributed by atoms with Gasteiger partial charge in [-0.2, -0.15) is 0 Å². The molecular weight excluding hydrogens is 1370 g/mol. The van der Waals surface area contributed by atoms with Crippen LogP contribution >= 0.6 is 0 Å². The summed E-state index contributed by atoms with van der Waals surface area (Å²) in [6.45, 7) is 28.8. The van der Waals surface area contributed by atoms with Crippen molar-refractivity contribution >= 4 is 34.2 Å². The second-order valence-corrected chi connectivity index (χ2v) is 29.4. The molecule has 22 heteroatoms. The molecule has 0 spiro atoms. The Hall–Kier alpha value is -9.27. The zero-order valence-corrected chi connectivity index (χ0v) is 68.3. The molecule has 22 nitrogen and oxygen atoms in total. The fraction of sp³-hybridized carbons (Fsp3) is 0.420. The monoisotopic (exact) mass is 1500 g/mol. The third-order valence-corrected chi connectivity index (χ3v) is 18.0. The number of likely N-dealkylation sites (N-methyl/N-ethyl adjacent to an activating group) is 9. The number of hydrogen-bond donors (Lipinski definition) is 3. The van der Waals surface area contributed by atoms with Crippen LogP contribution in [-0.4, -0.2) is 313 Å². The molecule has 0 saturated carbocycles. The van der Waals surface area contributed by atoms with Crippen LogP contribution < -0.4 is 5.32 Å². The number of pyridine rings is 7. The molecule has 7 aromatic heterocycles. The number of benzene rings is 3. The van der Waals surface area contributed by atoms with Crippen molar-refractivity contribution in [3.8, 4) is 22.9 Å². The van der Waals surface area contributed by atoms with Crippen LogP contribution in [0.5, 0.6) is 11.5 Å². The lowest BCUT2D eigenvalue weighted by Gasteiger charge is -2.35. The van der Waals surface area contributed by atoms with Crippen molar-refractivity contribution in [2.24, 2.45) is 9.98 Å². The van der Waals surface area contributed by atoms with E-state index in [0.717, 1.165) is 122 Å². The van der Waals surface area contributed by atoms with Crippen molar-refractivity contribution < 1.29 is 10.2 Å². The summed E-state index contributed by atoms with van der Waals surface area (Å²) in [5.74, 6) is 0.433. The van der Waals surface area contributed by atoms with Crippen molar-refractivity contribution in [1.82, 2.24) is 89.2 Å². The number of nitrogens with zero attached hydrogens (tertiary/aromatic N) is 19. The van der Waals surface area contributed by atoms with Crippen molar-refractivity contribution in [2.75, 3.05) is 195 Å². The average Bonchev–Trinajstić information content (AvgIpc) is 0.900. The van der Waals surface area contributed by atoms with Gasteiger partial charge in [0.25, 0.3) is 0 Å².